The van der Waals surface area contributed by atoms with Gasteiger partial charge in [0.1, 0.15) is 5.82 Å². The van der Waals surface area contributed by atoms with Crippen molar-refractivity contribution in [2.75, 3.05) is 18.4 Å². The Morgan fingerprint density at radius 2 is 1.64 bits per heavy atom. The molecule has 0 aliphatic heterocycles. The number of aryl methyl sites for hydroxylation is 1. The summed E-state index contributed by atoms with van der Waals surface area (Å²) in [5.74, 6) is -0.965. The Balaban J connectivity index is 0.00000456. The fraction of sp³-hybridized carbons (Fsp3) is 0.259. The topological polar surface area (TPSA) is 120 Å². The van der Waals surface area contributed by atoms with E-state index in [1.54, 1.807) is 6.20 Å². The molecule has 0 saturated carbocycles. The van der Waals surface area contributed by atoms with Gasteiger partial charge in [-0.05, 0) is 47.7 Å². The van der Waals surface area contributed by atoms with Crippen molar-refractivity contribution in [2.45, 2.75) is 32.2 Å². The third kappa shape index (κ3) is 9.81. The zero-order valence-electron chi connectivity index (χ0n) is 19.7. The molecular formula is C27H31N4NaO4. The van der Waals surface area contributed by atoms with Crippen LogP contribution in [-0.4, -0.2) is 70.5 Å². The van der Waals surface area contributed by atoms with Crippen LogP contribution in [0, 0.1) is 6.92 Å². The molecular weight excluding hydrogens is 467 g/mol. The number of carboxylic acid groups (broad SMARTS) is 1. The van der Waals surface area contributed by atoms with E-state index in [1.807, 2.05) is 73.7 Å². The first-order valence-corrected chi connectivity index (χ1v) is 11.5. The number of nitrogens with one attached hydrogen (secondary N) is 3. The van der Waals surface area contributed by atoms with E-state index >= 15 is 0 Å². The number of aliphatic carboxylic acids is 1. The van der Waals surface area contributed by atoms with Crippen LogP contribution < -0.4 is 16.0 Å². The third-order valence-corrected chi connectivity index (χ3v) is 5.38. The summed E-state index contributed by atoms with van der Waals surface area (Å²) in [7, 11) is 0. The van der Waals surface area contributed by atoms with E-state index < -0.39 is 17.9 Å². The number of amides is 2. The monoisotopic (exact) mass is 498 g/mol. The van der Waals surface area contributed by atoms with Crippen molar-refractivity contribution in [3.63, 3.8) is 0 Å². The summed E-state index contributed by atoms with van der Waals surface area (Å²) in [5.41, 5.74) is 3.82. The quantitative estimate of drug-likeness (QED) is 0.225. The molecule has 0 spiro atoms. The maximum absolute atomic E-state index is 12.4. The average molecular weight is 499 g/mol. The molecule has 0 saturated heterocycles. The first-order valence-electron chi connectivity index (χ1n) is 11.5. The predicted molar refractivity (Wildman–Crippen MR) is 142 cm³/mol. The van der Waals surface area contributed by atoms with Gasteiger partial charge in [0.2, 0.25) is 11.8 Å². The van der Waals surface area contributed by atoms with Crippen molar-refractivity contribution in [3.8, 4) is 11.1 Å². The first kappa shape index (κ1) is 29.0. The first-order chi connectivity index (χ1) is 16.9. The molecule has 36 heavy (non-hydrogen) atoms. The van der Waals surface area contributed by atoms with Gasteiger partial charge >= 0.3 is 35.5 Å². The van der Waals surface area contributed by atoms with E-state index in [4.69, 9.17) is 0 Å². The molecule has 4 N–H and O–H groups in total. The number of carboxylic acids is 1. The summed E-state index contributed by atoms with van der Waals surface area (Å²) in [4.78, 5) is 40.1. The van der Waals surface area contributed by atoms with Crippen molar-refractivity contribution in [3.05, 3.63) is 84.1 Å². The zero-order chi connectivity index (χ0) is 25.0. The van der Waals surface area contributed by atoms with Crippen LogP contribution in [0.5, 0.6) is 0 Å². The van der Waals surface area contributed by atoms with Crippen LogP contribution in [0.2, 0.25) is 0 Å². The number of anilines is 1. The van der Waals surface area contributed by atoms with Gasteiger partial charge in [-0.15, -0.1) is 0 Å². The average Bonchev–Trinajstić information content (AvgIpc) is 2.85. The molecule has 1 aromatic heterocycles. The van der Waals surface area contributed by atoms with Crippen LogP contribution in [0.25, 0.3) is 11.1 Å². The summed E-state index contributed by atoms with van der Waals surface area (Å²) in [6, 6.07) is 20.4. The van der Waals surface area contributed by atoms with Crippen molar-refractivity contribution in [2.24, 2.45) is 0 Å². The number of benzene rings is 2. The molecule has 184 valence electrons. The van der Waals surface area contributed by atoms with Crippen LogP contribution in [0.15, 0.2) is 72.9 Å². The molecule has 8 nitrogen and oxygen atoms in total. The van der Waals surface area contributed by atoms with E-state index in [1.165, 1.54) is 0 Å². The molecule has 2 aromatic carbocycles. The second-order valence-electron chi connectivity index (χ2n) is 8.23. The van der Waals surface area contributed by atoms with Gasteiger partial charge in [0.15, 0.2) is 0 Å². The minimum atomic E-state index is -1.03. The maximum atomic E-state index is 12.4. The molecule has 0 radical (unpaired) electrons. The minimum absolute atomic E-state index is 0. The van der Waals surface area contributed by atoms with E-state index in [-0.39, 0.29) is 54.9 Å². The van der Waals surface area contributed by atoms with Gasteiger partial charge in [0, 0.05) is 19.2 Å². The van der Waals surface area contributed by atoms with E-state index in [0.717, 1.165) is 22.5 Å². The number of nitrogens with zero attached hydrogens (tertiary/aromatic N) is 1. The second-order valence-corrected chi connectivity index (χ2v) is 8.23. The predicted octanol–water partition coefficient (Wildman–Crippen LogP) is 3.05. The Morgan fingerprint density at radius 1 is 0.944 bits per heavy atom. The Bertz CT molecular complexity index is 1140. The number of carbonyl (C=O) groups excluding carboxylic acids is 2. The molecule has 1 heterocycles. The summed E-state index contributed by atoms with van der Waals surface area (Å²) in [6.45, 7) is 2.34. The van der Waals surface area contributed by atoms with E-state index in [2.05, 4.69) is 20.9 Å². The van der Waals surface area contributed by atoms with Crippen LogP contribution in [0.1, 0.15) is 36.4 Å². The van der Waals surface area contributed by atoms with Gasteiger partial charge in [0.05, 0.1) is 19.0 Å². The van der Waals surface area contributed by atoms with Gasteiger partial charge in [-0.1, -0.05) is 54.6 Å². The molecule has 9 heteroatoms. The number of carbonyl (C=O) groups is 3. The number of rotatable bonds is 12. The number of pyridine rings is 1. The van der Waals surface area contributed by atoms with Gasteiger partial charge in [-0.25, -0.2) is 4.98 Å². The van der Waals surface area contributed by atoms with E-state index in [9.17, 15) is 19.5 Å². The summed E-state index contributed by atoms with van der Waals surface area (Å²) < 4.78 is 0. The fourth-order valence-electron chi connectivity index (χ4n) is 3.58. The Kier molecular flexibility index (Phi) is 12.1. The van der Waals surface area contributed by atoms with E-state index in [0.29, 0.717) is 18.5 Å². The molecule has 1 atom stereocenters. The molecule has 0 bridgehead atoms. The summed E-state index contributed by atoms with van der Waals surface area (Å²) >= 11 is 0. The summed E-state index contributed by atoms with van der Waals surface area (Å²) in [6.07, 6.45) is 2.30. The Labute approximate surface area is 233 Å². The number of hydrogen-bond donors (Lipinski definition) is 4. The molecule has 3 rings (SSSR count). The van der Waals surface area contributed by atoms with Gasteiger partial charge in [-0.2, -0.15) is 0 Å². The SMILES string of the molecule is Cc1ccnc(NCCCC(=O)NCC(=O)NC(CC(=O)O)c2ccc(-c3ccccc3)cc2)c1.[NaH]. The standard InChI is InChI=1S/C27H30N4O4.Na.H/c1-19-13-15-29-24(16-19)28-14-5-8-25(32)30-18-26(33)31-23(17-27(34)35)22-11-9-21(10-12-22)20-6-3-2-4-7-20;;/h2-4,6-7,9-13,15-16,23H,5,8,14,17-18H2,1H3,(H,28,29)(H,30,32)(H,31,33)(H,34,35);;. The molecule has 0 aliphatic rings. The molecule has 1 unspecified atom stereocenters. The van der Waals surface area contributed by atoms with Gasteiger partial charge < -0.3 is 21.1 Å². The van der Waals surface area contributed by atoms with Crippen LogP contribution >= 0.6 is 0 Å². The normalized spacial score (nSPS) is 11.0. The van der Waals surface area contributed by atoms with Crippen molar-refractivity contribution < 1.29 is 19.5 Å². The molecule has 3 aromatic rings. The van der Waals surface area contributed by atoms with Crippen molar-refractivity contribution in [1.29, 1.82) is 0 Å². The van der Waals surface area contributed by atoms with Crippen molar-refractivity contribution >= 4 is 53.2 Å². The molecule has 0 fully saturated rings. The van der Waals surface area contributed by atoms with Crippen molar-refractivity contribution in [1.82, 2.24) is 15.6 Å². The molecule has 2 amide bonds. The van der Waals surface area contributed by atoms with Crippen LogP contribution in [0.4, 0.5) is 5.82 Å². The number of aromatic nitrogens is 1. The van der Waals surface area contributed by atoms with Gasteiger partial charge in [0.25, 0.3) is 0 Å². The van der Waals surface area contributed by atoms with Crippen LogP contribution in [-0.2, 0) is 14.4 Å². The Morgan fingerprint density at radius 3 is 2.31 bits per heavy atom. The fourth-order valence-corrected chi connectivity index (χ4v) is 3.58. The zero-order valence-corrected chi connectivity index (χ0v) is 19.7. The summed E-state index contributed by atoms with van der Waals surface area (Å²) in [5, 5.41) is 17.8. The third-order valence-electron chi connectivity index (χ3n) is 5.38. The number of hydrogen-bond acceptors (Lipinski definition) is 5. The van der Waals surface area contributed by atoms with Crippen LogP contribution in [0.3, 0.4) is 0 Å². The van der Waals surface area contributed by atoms with Gasteiger partial charge in [-0.3, -0.25) is 14.4 Å². The second kappa shape index (κ2) is 15.0. The molecule has 0 aliphatic carbocycles. The Hall–Kier alpha value is -3.20.